The number of amides is 1. The number of anilines is 1. The van der Waals surface area contributed by atoms with Crippen molar-refractivity contribution >= 4 is 17.8 Å². The van der Waals surface area contributed by atoms with Gasteiger partial charge in [-0.05, 0) is 26.7 Å². The van der Waals surface area contributed by atoms with Crippen molar-refractivity contribution in [2.24, 2.45) is 0 Å². The number of carboxylic acids is 1. The van der Waals surface area contributed by atoms with E-state index in [0.29, 0.717) is 0 Å². The van der Waals surface area contributed by atoms with Gasteiger partial charge >= 0.3 is 5.97 Å². The highest BCUT2D eigenvalue weighted by Crippen LogP contribution is 2.18. The van der Waals surface area contributed by atoms with Gasteiger partial charge in [0, 0.05) is 11.6 Å². The molecule has 1 amide bonds. The fraction of sp³-hybridized carbons (Fsp3) is 0.643. The van der Waals surface area contributed by atoms with Crippen LogP contribution in [0.15, 0.2) is 10.6 Å². The van der Waals surface area contributed by atoms with Gasteiger partial charge in [-0.2, -0.15) is 0 Å². The predicted molar refractivity (Wildman–Crippen MR) is 78.2 cm³/mol. The van der Waals surface area contributed by atoms with Crippen LogP contribution in [0.25, 0.3) is 0 Å². The van der Waals surface area contributed by atoms with Gasteiger partial charge in [0.25, 0.3) is 0 Å². The zero-order valence-corrected chi connectivity index (χ0v) is 13.1. The van der Waals surface area contributed by atoms with Crippen LogP contribution in [-0.2, 0) is 9.59 Å². The molecule has 1 heterocycles. The summed E-state index contributed by atoms with van der Waals surface area (Å²) < 4.78 is 5.03. The third-order valence-electron chi connectivity index (χ3n) is 2.99. The molecule has 21 heavy (non-hydrogen) atoms. The van der Waals surface area contributed by atoms with Gasteiger partial charge in [0.15, 0.2) is 0 Å². The minimum absolute atomic E-state index is 0.0342. The second-order valence-electron chi connectivity index (χ2n) is 6.24. The molecule has 1 rings (SSSR count). The summed E-state index contributed by atoms with van der Waals surface area (Å²) in [6, 6.07) is 1.67. The molecule has 7 nitrogen and oxygen atoms in total. The fourth-order valence-corrected chi connectivity index (χ4v) is 1.66. The summed E-state index contributed by atoms with van der Waals surface area (Å²) in [5.41, 5.74) is 0.323. The largest absolute Gasteiger partial charge is 0.480 e. The van der Waals surface area contributed by atoms with Crippen molar-refractivity contribution in [1.29, 1.82) is 0 Å². The first kappa shape index (κ1) is 17.2. The van der Waals surface area contributed by atoms with Crippen LogP contribution in [-0.4, -0.2) is 45.7 Å². The van der Waals surface area contributed by atoms with Crippen molar-refractivity contribution in [3.8, 4) is 0 Å². The van der Waals surface area contributed by atoms with Crippen molar-refractivity contribution in [2.45, 2.75) is 46.1 Å². The maximum atomic E-state index is 12.0. The molecule has 0 saturated heterocycles. The van der Waals surface area contributed by atoms with Crippen LogP contribution in [0, 0.1) is 0 Å². The number of hydrogen-bond donors (Lipinski definition) is 2. The van der Waals surface area contributed by atoms with E-state index in [1.807, 2.05) is 34.6 Å². The smallest absolute Gasteiger partial charge is 0.317 e. The Morgan fingerprint density at radius 2 is 2.00 bits per heavy atom. The Morgan fingerprint density at radius 3 is 2.43 bits per heavy atom. The Balaban J connectivity index is 2.67. The first-order valence-electron chi connectivity index (χ1n) is 6.83. The summed E-state index contributed by atoms with van der Waals surface area (Å²) in [5, 5.41) is 15.4. The summed E-state index contributed by atoms with van der Waals surface area (Å²) in [6.07, 6.45) is 0. The molecule has 0 spiro atoms. The molecule has 0 atom stereocenters. The second kappa shape index (κ2) is 6.71. The average molecular weight is 297 g/mol. The van der Waals surface area contributed by atoms with Gasteiger partial charge in [-0.3, -0.25) is 19.8 Å². The Labute approximate surface area is 124 Å². The topological polar surface area (TPSA) is 95.7 Å². The van der Waals surface area contributed by atoms with Crippen LogP contribution in [0.4, 0.5) is 5.88 Å². The maximum Gasteiger partial charge on any atom is 0.317 e. The normalized spacial score (nSPS) is 12.0. The molecule has 7 heteroatoms. The number of nitrogens with zero attached hydrogens (tertiary/aromatic N) is 2. The third kappa shape index (κ3) is 5.55. The predicted octanol–water partition coefficient (Wildman–Crippen LogP) is 1.92. The second-order valence-corrected chi connectivity index (χ2v) is 6.24. The molecule has 0 aliphatic rings. The van der Waals surface area contributed by atoms with Crippen molar-refractivity contribution < 1.29 is 19.2 Å². The number of nitrogens with one attached hydrogen (secondary N) is 1. The van der Waals surface area contributed by atoms with E-state index >= 15 is 0 Å². The molecule has 1 aromatic rings. The average Bonchev–Trinajstić information content (AvgIpc) is 2.74. The summed E-state index contributed by atoms with van der Waals surface area (Å²) in [4.78, 5) is 24.4. The number of carbonyl (C=O) groups excluding carboxylic acids is 1. The van der Waals surface area contributed by atoms with Crippen LogP contribution in [0.1, 0.15) is 46.2 Å². The van der Waals surface area contributed by atoms with Crippen molar-refractivity contribution in [3.05, 3.63) is 11.8 Å². The first-order valence-corrected chi connectivity index (χ1v) is 6.83. The quantitative estimate of drug-likeness (QED) is 0.833. The molecule has 0 unspecified atom stereocenters. The van der Waals surface area contributed by atoms with E-state index in [-0.39, 0.29) is 30.8 Å². The zero-order chi connectivity index (χ0) is 16.2. The van der Waals surface area contributed by atoms with E-state index in [0.717, 1.165) is 5.69 Å². The highest BCUT2D eigenvalue weighted by atomic mass is 16.5. The van der Waals surface area contributed by atoms with Gasteiger partial charge in [0.2, 0.25) is 11.8 Å². The minimum Gasteiger partial charge on any atom is -0.480 e. The molecule has 0 fully saturated rings. The van der Waals surface area contributed by atoms with E-state index in [2.05, 4.69) is 10.5 Å². The molecule has 0 aliphatic carbocycles. The lowest BCUT2D eigenvalue weighted by molar-refractivity contribution is -0.140. The highest BCUT2D eigenvalue weighted by Gasteiger charge is 2.26. The number of carbonyl (C=O) groups is 2. The summed E-state index contributed by atoms with van der Waals surface area (Å²) >= 11 is 0. The van der Waals surface area contributed by atoms with E-state index < -0.39 is 11.5 Å². The van der Waals surface area contributed by atoms with Crippen molar-refractivity contribution in [1.82, 2.24) is 10.1 Å². The summed E-state index contributed by atoms with van der Waals surface area (Å²) in [7, 11) is 0. The Hall–Kier alpha value is -1.89. The monoisotopic (exact) mass is 297 g/mol. The third-order valence-corrected chi connectivity index (χ3v) is 2.99. The lowest BCUT2D eigenvalue weighted by Crippen LogP contribution is -2.48. The van der Waals surface area contributed by atoms with Gasteiger partial charge in [0.1, 0.15) is 0 Å². The molecular formula is C14H23N3O4. The SMILES string of the molecule is CC(C)c1cc(NC(=O)CN(CC(=O)O)C(C)(C)C)on1. The lowest BCUT2D eigenvalue weighted by atomic mass is 10.1. The highest BCUT2D eigenvalue weighted by molar-refractivity contribution is 5.91. The van der Waals surface area contributed by atoms with Gasteiger partial charge in [-0.25, -0.2) is 0 Å². The Morgan fingerprint density at radius 1 is 1.38 bits per heavy atom. The molecule has 0 aliphatic heterocycles. The number of aromatic nitrogens is 1. The molecule has 1 aromatic heterocycles. The molecule has 0 saturated carbocycles. The summed E-state index contributed by atoms with van der Waals surface area (Å²) in [6.45, 7) is 9.27. The van der Waals surface area contributed by atoms with E-state index in [4.69, 9.17) is 9.63 Å². The molecule has 0 aromatic carbocycles. The molecule has 2 N–H and O–H groups in total. The van der Waals surface area contributed by atoms with E-state index in [1.54, 1.807) is 11.0 Å². The van der Waals surface area contributed by atoms with Crippen LogP contribution in [0.3, 0.4) is 0 Å². The van der Waals surface area contributed by atoms with Gasteiger partial charge in [0.05, 0.1) is 18.8 Å². The van der Waals surface area contributed by atoms with Crippen molar-refractivity contribution in [2.75, 3.05) is 18.4 Å². The fourth-order valence-electron chi connectivity index (χ4n) is 1.66. The zero-order valence-electron chi connectivity index (χ0n) is 13.1. The van der Waals surface area contributed by atoms with Gasteiger partial charge in [-0.15, -0.1) is 0 Å². The first-order chi connectivity index (χ1) is 9.59. The van der Waals surface area contributed by atoms with Crippen LogP contribution in [0.5, 0.6) is 0 Å². The number of aliphatic carboxylic acids is 1. The van der Waals surface area contributed by atoms with Gasteiger partial charge in [-0.1, -0.05) is 19.0 Å². The lowest BCUT2D eigenvalue weighted by Gasteiger charge is -2.33. The minimum atomic E-state index is -0.973. The van der Waals surface area contributed by atoms with Crippen LogP contribution >= 0.6 is 0 Å². The van der Waals surface area contributed by atoms with E-state index in [9.17, 15) is 9.59 Å². The maximum absolute atomic E-state index is 12.0. The number of carboxylic acid groups (broad SMARTS) is 1. The standard InChI is InChI=1S/C14H23N3O4/c1-9(2)10-6-12(21-16-10)15-11(18)7-17(8-13(19)20)14(3,4)5/h6,9H,7-8H2,1-5H3,(H,15,18)(H,19,20). The van der Waals surface area contributed by atoms with Gasteiger partial charge < -0.3 is 9.63 Å². The van der Waals surface area contributed by atoms with Crippen LogP contribution in [0.2, 0.25) is 0 Å². The molecular weight excluding hydrogens is 274 g/mol. The number of hydrogen-bond acceptors (Lipinski definition) is 5. The number of rotatable bonds is 6. The van der Waals surface area contributed by atoms with E-state index in [1.165, 1.54) is 0 Å². The van der Waals surface area contributed by atoms with Crippen molar-refractivity contribution in [3.63, 3.8) is 0 Å². The molecule has 0 radical (unpaired) electrons. The Bertz CT molecular complexity index is 503. The molecule has 0 bridgehead atoms. The summed E-state index contributed by atoms with van der Waals surface area (Å²) in [5.74, 6) is -0.831. The molecule has 118 valence electrons. The Kier molecular flexibility index (Phi) is 5.48. The van der Waals surface area contributed by atoms with Crippen LogP contribution < -0.4 is 5.32 Å².